The van der Waals surface area contributed by atoms with Crippen LogP contribution >= 0.6 is 11.6 Å². The molecular formula is C22H28ClN3O4. The second-order valence-corrected chi connectivity index (χ2v) is 7.31. The number of methoxy groups -OCH3 is 2. The molecule has 30 heavy (non-hydrogen) atoms. The maximum atomic E-state index is 12.6. The fourth-order valence-corrected chi connectivity index (χ4v) is 3.72. The Morgan fingerprint density at radius 3 is 2.40 bits per heavy atom. The van der Waals surface area contributed by atoms with Gasteiger partial charge in [-0.15, -0.1) is 0 Å². The van der Waals surface area contributed by atoms with Gasteiger partial charge in [-0.2, -0.15) is 0 Å². The van der Waals surface area contributed by atoms with E-state index in [0.29, 0.717) is 35.4 Å². The number of anilines is 2. The number of amides is 1. The lowest BCUT2D eigenvalue weighted by Crippen LogP contribution is -2.48. The van der Waals surface area contributed by atoms with E-state index in [1.165, 1.54) is 14.2 Å². The number of hydrogen-bond donors (Lipinski definition) is 1. The highest BCUT2D eigenvalue weighted by atomic mass is 35.5. The Kier molecular flexibility index (Phi) is 7.65. The fraction of sp³-hybridized carbons (Fsp3) is 0.409. The van der Waals surface area contributed by atoms with Crippen LogP contribution in [0, 0.1) is 0 Å². The summed E-state index contributed by atoms with van der Waals surface area (Å²) in [5.41, 5.74) is 1.63. The molecule has 0 aliphatic carbocycles. The maximum absolute atomic E-state index is 12.6. The first kappa shape index (κ1) is 22.1. The summed E-state index contributed by atoms with van der Waals surface area (Å²) in [6.07, 6.45) is 0. The highest BCUT2D eigenvalue weighted by Crippen LogP contribution is 2.36. The van der Waals surface area contributed by atoms with Crippen molar-refractivity contribution in [2.45, 2.75) is 6.92 Å². The first-order chi connectivity index (χ1) is 14.5. The minimum Gasteiger partial charge on any atom is -0.495 e. The molecule has 1 heterocycles. The maximum Gasteiger partial charge on any atom is 0.238 e. The SMILES string of the molecule is CCOc1ccccc1N1CCN(CC(=O)Nc2cc(OC)c(Cl)cc2OC)CC1. The zero-order valence-electron chi connectivity index (χ0n) is 17.6. The molecule has 2 aromatic rings. The highest BCUT2D eigenvalue weighted by molar-refractivity contribution is 6.32. The number of para-hydroxylation sites is 2. The van der Waals surface area contributed by atoms with Crippen LogP contribution in [-0.4, -0.2) is 64.4 Å². The zero-order valence-corrected chi connectivity index (χ0v) is 18.4. The Bertz CT molecular complexity index is 869. The second-order valence-electron chi connectivity index (χ2n) is 6.90. The van der Waals surface area contributed by atoms with Crippen molar-refractivity contribution in [1.29, 1.82) is 0 Å². The summed E-state index contributed by atoms with van der Waals surface area (Å²) in [6.45, 7) is 6.15. The van der Waals surface area contributed by atoms with E-state index in [1.807, 2.05) is 25.1 Å². The number of halogens is 1. The Morgan fingerprint density at radius 1 is 1.03 bits per heavy atom. The summed E-state index contributed by atoms with van der Waals surface area (Å²) in [7, 11) is 3.07. The molecule has 0 saturated carbocycles. The van der Waals surface area contributed by atoms with Crippen molar-refractivity contribution in [1.82, 2.24) is 4.90 Å². The Labute approximate surface area is 182 Å². The molecule has 1 aliphatic rings. The molecule has 1 amide bonds. The van der Waals surface area contributed by atoms with Gasteiger partial charge in [0.15, 0.2) is 0 Å². The smallest absolute Gasteiger partial charge is 0.238 e. The van der Waals surface area contributed by atoms with Crippen molar-refractivity contribution in [3.63, 3.8) is 0 Å². The normalized spacial score (nSPS) is 14.3. The van der Waals surface area contributed by atoms with Crippen molar-refractivity contribution in [2.24, 2.45) is 0 Å². The average Bonchev–Trinajstić information content (AvgIpc) is 2.76. The lowest BCUT2D eigenvalue weighted by molar-refractivity contribution is -0.117. The fourth-order valence-electron chi connectivity index (χ4n) is 3.49. The molecule has 1 fully saturated rings. The lowest BCUT2D eigenvalue weighted by atomic mass is 10.2. The minimum absolute atomic E-state index is 0.110. The number of piperazine rings is 1. The van der Waals surface area contributed by atoms with Crippen LogP contribution in [0.4, 0.5) is 11.4 Å². The van der Waals surface area contributed by atoms with Crippen molar-refractivity contribution in [2.75, 3.05) is 63.8 Å². The molecule has 2 aromatic carbocycles. The summed E-state index contributed by atoms with van der Waals surface area (Å²) >= 11 is 6.13. The highest BCUT2D eigenvalue weighted by Gasteiger charge is 2.22. The largest absolute Gasteiger partial charge is 0.495 e. The van der Waals surface area contributed by atoms with Gasteiger partial charge in [0.2, 0.25) is 5.91 Å². The van der Waals surface area contributed by atoms with Gasteiger partial charge in [0.25, 0.3) is 0 Å². The number of ether oxygens (including phenoxy) is 3. The molecule has 0 spiro atoms. The van der Waals surface area contributed by atoms with Gasteiger partial charge in [-0.3, -0.25) is 9.69 Å². The lowest BCUT2D eigenvalue weighted by Gasteiger charge is -2.36. The van der Waals surface area contributed by atoms with Crippen molar-refractivity contribution < 1.29 is 19.0 Å². The third-order valence-corrected chi connectivity index (χ3v) is 5.29. The molecule has 0 aromatic heterocycles. The van der Waals surface area contributed by atoms with Crippen molar-refractivity contribution >= 4 is 28.9 Å². The molecule has 0 atom stereocenters. The number of hydrogen-bond acceptors (Lipinski definition) is 6. The summed E-state index contributed by atoms with van der Waals surface area (Å²) in [5, 5.41) is 3.33. The van der Waals surface area contributed by atoms with Crippen LogP contribution in [0.15, 0.2) is 36.4 Å². The number of carbonyl (C=O) groups excluding carboxylic acids is 1. The van der Waals surface area contributed by atoms with E-state index in [2.05, 4.69) is 21.2 Å². The molecule has 162 valence electrons. The topological polar surface area (TPSA) is 63.3 Å². The van der Waals surface area contributed by atoms with Gasteiger partial charge >= 0.3 is 0 Å². The van der Waals surface area contributed by atoms with Crippen molar-refractivity contribution in [3.05, 3.63) is 41.4 Å². The third-order valence-electron chi connectivity index (χ3n) is 4.99. The number of rotatable bonds is 8. The molecule has 7 nitrogen and oxygen atoms in total. The van der Waals surface area contributed by atoms with Gasteiger partial charge in [-0.1, -0.05) is 23.7 Å². The van der Waals surface area contributed by atoms with Gasteiger partial charge in [-0.05, 0) is 19.1 Å². The molecular weight excluding hydrogens is 406 g/mol. The van der Waals surface area contributed by atoms with Crippen LogP contribution in [-0.2, 0) is 4.79 Å². The standard InChI is InChI=1S/C22H28ClN3O4/c1-4-30-19-8-6-5-7-18(19)26-11-9-25(10-12-26)15-22(27)24-17-14-20(28-2)16(23)13-21(17)29-3/h5-8,13-14H,4,9-12,15H2,1-3H3,(H,24,27). The predicted octanol–water partition coefficient (Wildman–Crippen LogP) is 3.52. The summed E-state index contributed by atoms with van der Waals surface area (Å²) in [4.78, 5) is 17.0. The molecule has 1 saturated heterocycles. The van der Waals surface area contributed by atoms with Crippen LogP contribution in [0.1, 0.15) is 6.92 Å². The summed E-state index contributed by atoms with van der Waals surface area (Å²) < 4.78 is 16.3. The summed E-state index contributed by atoms with van der Waals surface area (Å²) in [5.74, 6) is 1.76. The molecule has 0 radical (unpaired) electrons. The summed E-state index contributed by atoms with van der Waals surface area (Å²) in [6, 6.07) is 11.4. The predicted molar refractivity (Wildman–Crippen MR) is 119 cm³/mol. The average molecular weight is 434 g/mol. The van der Waals surface area contributed by atoms with E-state index >= 15 is 0 Å². The molecule has 1 aliphatic heterocycles. The van der Waals surface area contributed by atoms with E-state index in [1.54, 1.807) is 12.1 Å². The van der Waals surface area contributed by atoms with Crippen molar-refractivity contribution in [3.8, 4) is 17.2 Å². The Morgan fingerprint density at radius 2 is 1.73 bits per heavy atom. The zero-order chi connectivity index (χ0) is 21.5. The van der Waals surface area contributed by atoms with E-state index in [-0.39, 0.29) is 5.91 Å². The molecule has 0 unspecified atom stereocenters. The van der Waals surface area contributed by atoms with Crippen LogP contribution in [0.25, 0.3) is 0 Å². The van der Waals surface area contributed by atoms with E-state index in [9.17, 15) is 4.79 Å². The molecule has 3 rings (SSSR count). The first-order valence-electron chi connectivity index (χ1n) is 9.96. The molecule has 1 N–H and O–H groups in total. The first-order valence-corrected chi connectivity index (χ1v) is 10.3. The Balaban J connectivity index is 1.57. The van der Waals surface area contributed by atoms with Gasteiger partial charge < -0.3 is 24.4 Å². The van der Waals surface area contributed by atoms with Crippen LogP contribution in [0.2, 0.25) is 5.02 Å². The number of benzene rings is 2. The second kappa shape index (κ2) is 10.4. The number of nitrogens with one attached hydrogen (secondary N) is 1. The van der Waals surface area contributed by atoms with E-state index in [4.69, 9.17) is 25.8 Å². The van der Waals surface area contributed by atoms with Gasteiger partial charge in [-0.25, -0.2) is 0 Å². The van der Waals surface area contributed by atoms with Crippen LogP contribution in [0.3, 0.4) is 0 Å². The third kappa shape index (κ3) is 5.29. The molecule has 8 heteroatoms. The quantitative estimate of drug-likeness (QED) is 0.687. The molecule has 0 bridgehead atoms. The Hall–Kier alpha value is -2.64. The van der Waals surface area contributed by atoms with Gasteiger partial charge in [0.1, 0.15) is 17.2 Å². The van der Waals surface area contributed by atoms with Gasteiger partial charge in [0.05, 0.1) is 43.8 Å². The van der Waals surface area contributed by atoms with Crippen LogP contribution < -0.4 is 24.4 Å². The van der Waals surface area contributed by atoms with E-state index in [0.717, 1.165) is 37.6 Å². The monoisotopic (exact) mass is 433 g/mol. The minimum atomic E-state index is -0.110. The number of nitrogens with zero attached hydrogens (tertiary/aromatic N) is 2. The van der Waals surface area contributed by atoms with E-state index < -0.39 is 0 Å². The van der Waals surface area contributed by atoms with Crippen LogP contribution in [0.5, 0.6) is 17.2 Å². The number of carbonyl (C=O) groups is 1. The van der Waals surface area contributed by atoms with Gasteiger partial charge in [0, 0.05) is 38.3 Å².